The largest absolute Gasteiger partial charge is 0.416 e. The molecule has 0 saturated heterocycles. The van der Waals surface area contributed by atoms with E-state index in [1.54, 1.807) is 10.9 Å². The smallest absolute Gasteiger partial charge is 0.399 e. The summed E-state index contributed by atoms with van der Waals surface area (Å²) in [7, 11) is 0. The second-order valence-electron chi connectivity index (χ2n) is 5.25. The highest BCUT2D eigenvalue weighted by atomic mass is 19.4. The Morgan fingerprint density at radius 1 is 1.00 bits per heavy atom. The lowest BCUT2D eigenvalue weighted by atomic mass is 10.0. The van der Waals surface area contributed by atoms with Crippen molar-refractivity contribution in [3.63, 3.8) is 0 Å². The first-order chi connectivity index (χ1) is 10.9. The van der Waals surface area contributed by atoms with Crippen LogP contribution >= 0.6 is 0 Å². The topological polar surface area (TPSA) is 43.8 Å². The van der Waals surface area contributed by atoms with Crippen molar-refractivity contribution in [3.8, 4) is 11.1 Å². The van der Waals surface area contributed by atoms with Gasteiger partial charge in [0.15, 0.2) is 0 Å². The van der Waals surface area contributed by atoms with E-state index < -0.39 is 11.7 Å². The number of halogens is 3. The van der Waals surface area contributed by atoms with Crippen molar-refractivity contribution in [3.05, 3.63) is 72.1 Å². The molecular weight excluding hydrogens is 303 g/mol. The summed E-state index contributed by atoms with van der Waals surface area (Å²) in [5.41, 5.74) is 6.97. The van der Waals surface area contributed by atoms with Crippen LogP contribution in [0.4, 0.5) is 18.9 Å². The maximum atomic E-state index is 12.9. The SMILES string of the molecule is Nc1cc(-c2cnn(Cc3ccccc3)c2)cc(C(F)(F)F)c1. The van der Waals surface area contributed by atoms with Crippen LogP contribution in [0.15, 0.2) is 60.9 Å². The molecule has 0 aliphatic heterocycles. The van der Waals surface area contributed by atoms with Gasteiger partial charge in [0.1, 0.15) is 0 Å². The standard InChI is InChI=1S/C17H14F3N3/c18-17(19,20)15-6-13(7-16(21)8-15)14-9-22-23(11-14)10-12-4-2-1-3-5-12/h1-9,11H,10,21H2. The van der Waals surface area contributed by atoms with E-state index in [0.29, 0.717) is 17.7 Å². The number of nitrogens with zero attached hydrogens (tertiary/aromatic N) is 2. The first kappa shape index (κ1) is 15.1. The van der Waals surface area contributed by atoms with Gasteiger partial charge < -0.3 is 5.73 Å². The molecule has 1 heterocycles. The van der Waals surface area contributed by atoms with Crippen molar-refractivity contribution in [1.82, 2.24) is 9.78 Å². The average Bonchev–Trinajstić information content (AvgIpc) is 2.95. The summed E-state index contributed by atoms with van der Waals surface area (Å²) in [6, 6.07) is 13.2. The van der Waals surface area contributed by atoms with Gasteiger partial charge in [-0.3, -0.25) is 4.68 Å². The summed E-state index contributed by atoms with van der Waals surface area (Å²) in [4.78, 5) is 0. The summed E-state index contributed by atoms with van der Waals surface area (Å²) < 4.78 is 40.3. The van der Waals surface area contributed by atoms with Gasteiger partial charge in [0.2, 0.25) is 0 Å². The number of anilines is 1. The van der Waals surface area contributed by atoms with Crippen molar-refractivity contribution >= 4 is 5.69 Å². The Morgan fingerprint density at radius 2 is 1.74 bits per heavy atom. The van der Waals surface area contributed by atoms with Gasteiger partial charge in [-0.2, -0.15) is 18.3 Å². The molecule has 3 rings (SSSR count). The number of nitrogens with two attached hydrogens (primary N) is 1. The molecule has 2 N–H and O–H groups in total. The van der Waals surface area contributed by atoms with Gasteiger partial charge in [-0.25, -0.2) is 0 Å². The summed E-state index contributed by atoms with van der Waals surface area (Å²) in [5.74, 6) is 0. The van der Waals surface area contributed by atoms with Gasteiger partial charge in [0, 0.05) is 17.4 Å². The molecule has 3 aromatic rings. The fourth-order valence-electron chi connectivity index (χ4n) is 2.35. The van der Waals surface area contributed by atoms with E-state index >= 15 is 0 Å². The monoisotopic (exact) mass is 317 g/mol. The number of rotatable bonds is 3. The summed E-state index contributed by atoms with van der Waals surface area (Å²) in [6.07, 6.45) is -1.18. The van der Waals surface area contributed by atoms with Gasteiger partial charge >= 0.3 is 6.18 Å². The molecule has 0 saturated carbocycles. The van der Waals surface area contributed by atoms with Gasteiger partial charge in [0.25, 0.3) is 0 Å². The van der Waals surface area contributed by atoms with E-state index in [-0.39, 0.29) is 5.69 Å². The Kier molecular flexibility index (Phi) is 3.82. The molecule has 118 valence electrons. The fraction of sp³-hybridized carbons (Fsp3) is 0.118. The maximum absolute atomic E-state index is 12.9. The number of nitrogen functional groups attached to an aromatic ring is 1. The highest BCUT2D eigenvalue weighted by Gasteiger charge is 2.31. The highest BCUT2D eigenvalue weighted by molar-refractivity contribution is 5.67. The maximum Gasteiger partial charge on any atom is 0.416 e. The lowest BCUT2D eigenvalue weighted by molar-refractivity contribution is -0.137. The number of aromatic nitrogens is 2. The zero-order valence-corrected chi connectivity index (χ0v) is 12.1. The number of hydrogen-bond acceptors (Lipinski definition) is 2. The lowest BCUT2D eigenvalue weighted by Gasteiger charge is -2.09. The van der Waals surface area contributed by atoms with E-state index in [0.717, 1.165) is 17.7 Å². The first-order valence-corrected chi connectivity index (χ1v) is 6.96. The van der Waals surface area contributed by atoms with Crippen LogP contribution in [0.3, 0.4) is 0 Å². The van der Waals surface area contributed by atoms with Crippen LogP contribution in [0.2, 0.25) is 0 Å². The van der Waals surface area contributed by atoms with Crippen LogP contribution in [-0.4, -0.2) is 9.78 Å². The second kappa shape index (κ2) is 5.79. The van der Waals surface area contributed by atoms with Crippen LogP contribution in [0, 0.1) is 0 Å². The van der Waals surface area contributed by atoms with Crippen molar-refractivity contribution in [2.24, 2.45) is 0 Å². The Hall–Kier alpha value is -2.76. The van der Waals surface area contributed by atoms with E-state index in [9.17, 15) is 13.2 Å². The molecule has 2 aromatic carbocycles. The Balaban J connectivity index is 1.90. The fourth-order valence-corrected chi connectivity index (χ4v) is 2.35. The minimum absolute atomic E-state index is 0.0747. The quantitative estimate of drug-likeness (QED) is 0.736. The number of hydrogen-bond donors (Lipinski definition) is 1. The van der Waals surface area contributed by atoms with Gasteiger partial charge in [-0.05, 0) is 29.3 Å². The van der Waals surface area contributed by atoms with Crippen molar-refractivity contribution in [2.45, 2.75) is 12.7 Å². The van der Waals surface area contributed by atoms with Crippen LogP contribution in [-0.2, 0) is 12.7 Å². The average molecular weight is 317 g/mol. The molecule has 23 heavy (non-hydrogen) atoms. The summed E-state index contributed by atoms with van der Waals surface area (Å²) in [5, 5.41) is 4.20. The van der Waals surface area contributed by atoms with Crippen LogP contribution in [0.1, 0.15) is 11.1 Å². The Morgan fingerprint density at radius 3 is 2.43 bits per heavy atom. The van der Waals surface area contributed by atoms with Crippen molar-refractivity contribution in [1.29, 1.82) is 0 Å². The van der Waals surface area contributed by atoms with Crippen molar-refractivity contribution in [2.75, 3.05) is 5.73 Å². The van der Waals surface area contributed by atoms with E-state index in [1.165, 1.54) is 12.3 Å². The van der Waals surface area contributed by atoms with Crippen LogP contribution < -0.4 is 5.73 Å². The zero-order valence-electron chi connectivity index (χ0n) is 12.1. The molecule has 1 aromatic heterocycles. The normalized spacial score (nSPS) is 11.6. The minimum Gasteiger partial charge on any atom is -0.399 e. The van der Waals surface area contributed by atoms with Gasteiger partial charge in [-0.15, -0.1) is 0 Å². The molecule has 0 radical (unpaired) electrons. The molecule has 0 amide bonds. The highest BCUT2D eigenvalue weighted by Crippen LogP contribution is 2.34. The Bertz CT molecular complexity index is 807. The predicted molar refractivity (Wildman–Crippen MR) is 82.6 cm³/mol. The number of benzene rings is 2. The molecule has 0 spiro atoms. The Labute approximate surface area is 131 Å². The summed E-state index contributed by atoms with van der Waals surface area (Å²) in [6.45, 7) is 0.551. The third-order valence-electron chi connectivity index (χ3n) is 3.44. The van der Waals surface area contributed by atoms with E-state index in [4.69, 9.17) is 5.73 Å². The molecule has 6 heteroatoms. The van der Waals surface area contributed by atoms with Crippen LogP contribution in [0.5, 0.6) is 0 Å². The van der Waals surface area contributed by atoms with Gasteiger partial charge in [0.05, 0.1) is 18.3 Å². The molecule has 0 atom stereocenters. The molecule has 0 aliphatic rings. The second-order valence-corrected chi connectivity index (χ2v) is 5.25. The molecular formula is C17H14F3N3. The molecule has 0 fully saturated rings. The molecule has 0 unspecified atom stereocenters. The lowest BCUT2D eigenvalue weighted by Crippen LogP contribution is -2.06. The van der Waals surface area contributed by atoms with Gasteiger partial charge in [-0.1, -0.05) is 30.3 Å². The van der Waals surface area contributed by atoms with E-state index in [2.05, 4.69) is 5.10 Å². The molecule has 0 bridgehead atoms. The van der Waals surface area contributed by atoms with E-state index in [1.807, 2.05) is 30.3 Å². The summed E-state index contributed by atoms with van der Waals surface area (Å²) >= 11 is 0. The predicted octanol–water partition coefficient (Wildman–Crippen LogP) is 4.20. The zero-order chi connectivity index (χ0) is 16.4. The number of alkyl halides is 3. The molecule has 3 nitrogen and oxygen atoms in total. The first-order valence-electron chi connectivity index (χ1n) is 6.96. The van der Waals surface area contributed by atoms with Crippen LogP contribution in [0.25, 0.3) is 11.1 Å². The van der Waals surface area contributed by atoms with Crippen molar-refractivity contribution < 1.29 is 13.2 Å². The third-order valence-corrected chi connectivity index (χ3v) is 3.44. The third kappa shape index (κ3) is 3.53. The molecule has 0 aliphatic carbocycles. The minimum atomic E-state index is -4.43.